The van der Waals surface area contributed by atoms with E-state index in [4.69, 9.17) is 0 Å². The molecular weight excluding hydrogens is 144 g/mol. The van der Waals surface area contributed by atoms with Crippen LogP contribution in [-0.4, -0.2) is 23.1 Å². The molecule has 48 valence electrons. The van der Waals surface area contributed by atoms with Crippen LogP contribution in [0.1, 0.15) is 0 Å². The molecule has 0 aliphatic carbocycles. The molecule has 0 aliphatic heterocycles. The fourth-order valence-corrected chi connectivity index (χ4v) is 2.67. The molecule has 3 heteroatoms. The maximum Gasteiger partial charge on any atom is 0.179 e. The van der Waals surface area contributed by atoms with E-state index in [1.807, 2.05) is 30.3 Å². The fraction of sp³-hybridized carbons (Fsp3) is 0. The third-order valence-corrected chi connectivity index (χ3v) is 4.63. The molecule has 0 saturated heterocycles. The zero-order valence-corrected chi connectivity index (χ0v) is 8.57. The maximum atomic E-state index is 9.22. The molecule has 1 N–H and O–H groups in total. The Hall–Kier alpha value is -0.386. The molecule has 0 aromatic heterocycles. The first-order chi connectivity index (χ1) is 4.30. The van der Waals surface area contributed by atoms with Crippen molar-refractivity contribution in [3.8, 4) is 0 Å². The lowest BCUT2D eigenvalue weighted by atomic mass is 10.4. The molecule has 0 bridgehead atoms. The molecule has 0 radical (unpaired) electrons. The van der Waals surface area contributed by atoms with Gasteiger partial charge in [-0.3, -0.25) is 0 Å². The number of rotatable bonds is 1. The second-order valence-electron chi connectivity index (χ2n) is 2.09. The quantitative estimate of drug-likeness (QED) is 0.487. The zero-order valence-electron chi connectivity index (χ0n) is 5.41. The Bertz CT molecular complexity index is 174. The maximum absolute atomic E-state index is 9.22. The largest absolute Gasteiger partial charge is 0.434 e. The van der Waals surface area contributed by atoms with Gasteiger partial charge in [-0.25, -0.2) is 0 Å². The van der Waals surface area contributed by atoms with Crippen molar-refractivity contribution < 1.29 is 4.80 Å². The number of hydrogen-bond donors (Lipinski definition) is 1. The van der Waals surface area contributed by atoms with E-state index in [2.05, 4.69) is 0 Å². The Morgan fingerprint density at radius 2 is 1.78 bits per heavy atom. The van der Waals surface area contributed by atoms with Crippen molar-refractivity contribution in [3.05, 3.63) is 30.3 Å². The van der Waals surface area contributed by atoms with Gasteiger partial charge in [0.05, 0.1) is 0 Å². The second-order valence-corrected chi connectivity index (χ2v) is 7.39. The second kappa shape index (κ2) is 2.96. The van der Waals surface area contributed by atoms with Gasteiger partial charge in [0.25, 0.3) is 0 Å². The standard InChI is InChI=1S/C6H10OSi2/c7-9(8)6-4-2-1-3-5-6/h1-5,7,9H,8H3. The van der Waals surface area contributed by atoms with Crippen LogP contribution in [-0.2, 0) is 0 Å². The van der Waals surface area contributed by atoms with Crippen molar-refractivity contribution in [2.45, 2.75) is 0 Å². The van der Waals surface area contributed by atoms with Gasteiger partial charge in [0.1, 0.15) is 0 Å². The lowest BCUT2D eigenvalue weighted by Gasteiger charge is -1.98. The predicted molar refractivity (Wildman–Crippen MR) is 45.4 cm³/mol. The van der Waals surface area contributed by atoms with E-state index >= 15 is 0 Å². The minimum absolute atomic E-state index is 0.951. The van der Waals surface area contributed by atoms with Crippen LogP contribution in [0.4, 0.5) is 0 Å². The van der Waals surface area contributed by atoms with Gasteiger partial charge in [-0.2, -0.15) is 0 Å². The molecule has 1 aromatic rings. The smallest absolute Gasteiger partial charge is 0.179 e. The summed E-state index contributed by atoms with van der Waals surface area (Å²) in [4.78, 5) is 9.22. The van der Waals surface area contributed by atoms with Gasteiger partial charge in [0.2, 0.25) is 0 Å². The third-order valence-electron chi connectivity index (χ3n) is 1.28. The molecule has 1 unspecified atom stereocenters. The van der Waals surface area contributed by atoms with Crippen LogP contribution in [0.25, 0.3) is 0 Å². The highest BCUT2D eigenvalue weighted by molar-refractivity contribution is 7.06. The van der Waals surface area contributed by atoms with Crippen LogP contribution >= 0.6 is 0 Å². The average molecular weight is 154 g/mol. The first-order valence-corrected chi connectivity index (χ1v) is 8.75. The molecule has 0 amide bonds. The Balaban J connectivity index is 2.85. The summed E-state index contributed by atoms with van der Waals surface area (Å²) in [6, 6.07) is 9.93. The summed E-state index contributed by atoms with van der Waals surface area (Å²) in [5.41, 5.74) is 0. The molecule has 1 atom stereocenters. The lowest BCUT2D eigenvalue weighted by molar-refractivity contribution is 0.607. The highest BCUT2D eigenvalue weighted by Crippen LogP contribution is 1.81. The van der Waals surface area contributed by atoms with E-state index in [0.717, 1.165) is 9.76 Å². The summed E-state index contributed by atoms with van der Waals surface area (Å²) in [5.74, 6) is 0. The molecular formula is C6H10OSi2. The van der Waals surface area contributed by atoms with Crippen LogP contribution in [0, 0.1) is 0 Å². The van der Waals surface area contributed by atoms with Crippen LogP contribution in [0.3, 0.4) is 0 Å². The SMILES string of the molecule is O[SiH]([SiH3])c1ccccc1. The van der Waals surface area contributed by atoms with Gasteiger partial charge in [-0.1, -0.05) is 30.3 Å². The topological polar surface area (TPSA) is 20.2 Å². The first-order valence-electron chi connectivity index (χ1n) is 3.03. The minimum Gasteiger partial charge on any atom is -0.434 e. The molecule has 0 heterocycles. The summed E-state index contributed by atoms with van der Waals surface area (Å²) in [7, 11) is -0.439. The molecule has 1 aromatic carbocycles. The van der Waals surface area contributed by atoms with Crippen molar-refractivity contribution >= 4 is 23.5 Å². The van der Waals surface area contributed by atoms with Gasteiger partial charge in [-0.05, 0) is 5.19 Å². The number of benzene rings is 1. The van der Waals surface area contributed by atoms with Crippen molar-refractivity contribution in [3.63, 3.8) is 0 Å². The minimum atomic E-state index is -1.39. The Morgan fingerprint density at radius 1 is 1.22 bits per heavy atom. The average Bonchev–Trinajstić information content (AvgIpc) is 1.90. The summed E-state index contributed by atoms with van der Waals surface area (Å²) >= 11 is 0. The van der Waals surface area contributed by atoms with Crippen molar-refractivity contribution in [2.75, 3.05) is 0 Å². The molecule has 9 heavy (non-hydrogen) atoms. The summed E-state index contributed by atoms with van der Waals surface area (Å²) in [6.07, 6.45) is 0. The summed E-state index contributed by atoms with van der Waals surface area (Å²) in [5, 5.41) is 1.17. The molecule has 1 nitrogen and oxygen atoms in total. The van der Waals surface area contributed by atoms with Gasteiger partial charge in [0, 0.05) is 9.76 Å². The zero-order chi connectivity index (χ0) is 6.69. The monoisotopic (exact) mass is 154 g/mol. The third kappa shape index (κ3) is 1.78. The summed E-state index contributed by atoms with van der Waals surface area (Å²) in [6.45, 7) is 0. The number of hydrogen-bond acceptors (Lipinski definition) is 1. The van der Waals surface area contributed by atoms with E-state index < -0.39 is 8.56 Å². The molecule has 0 spiro atoms. The van der Waals surface area contributed by atoms with Gasteiger partial charge < -0.3 is 4.80 Å². The predicted octanol–water partition coefficient (Wildman–Crippen LogP) is -1.53. The molecule has 0 fully saturated rings. The van der Waals surface area contributed by atoms with Crippen molar-refractivity contribution in [1.29, 1.82) is 0 Å². The Kier molecular flexibility index (Phi) is 2.21. The summed E-state index contributed by atoms with van der Waals surface area (Å²) < 4.78 is 0. The van der Waals surface area contributed by atoms with E-state index in [-0.39, 0.29) is 0 Å². The normalized spacial score (nSPS) is 13.4. The van der Waals surface area contributed by atoms with E-state index in [0.29, 0.717) is 0 Å². The molecule has 0 aliphatic rings. The van der Waals surface area contributed by atoms with Gasteiger partial charge in [0.15, 0.2) is 8.56 Å². The fourth-order valence-electron chi connectivity index (χ4n) is 0.732. The van der Waals surface area contributed by atoms with Crippen molar-refractivity contribution in [2.24, 2.45) is 0 Å². The van der Waals surface area contributed by atoms with Crippen LogP contribution < -0.4 is 5.19 Å². The van der Waals surface area contributed by atoms with E-state index in [1.165, 1.54) is 5.19 Å². The van der Waals surface area contributed by atoms with Gasteiger partial charge in [-0.15, -0.1) is 0 Å². The molecule has 1 rings (SSSR count). The highest BCUT2D eigenvalue weighted by Gasteiger charge is 1.98. The van der Waals surface area contributed by atoms with E-state index in [9.17, 15) is 4.80 Å². The van der Waals surface area contributed by atoms with Crippen LogP contribution in [0.5, 0.6) is 0 Å². The lowest BCUT2D eigenvalue weighted by Crippen LogP contribution is -2.29. The van der Waals surface area contributed by atoms with Crippen molar-refractivity contribution in [1.82, 2.24) is 0 Å². The van der Waals surface area contributed by atoms with E-state index in [1.54, 1.807) is 0 Å². The highest BCUT2D eigenvalue weighted by atomic mass is 29.2. The Labute approximate surface area is 59.3 Å². The first kappa shape index (κ1) is 6.73. The Morgan fingerprint density at radius 3 is 2.11 bits per heavy atom. The van der Waals surface area contributed by atoms with Crippen LogP contribution in [0.15, 0.2) is 30.3 Å². The van der Waals surface area contributed by atoms with Gasteiger partial charge >= 0.3 is 0 Å². The molecule has 0 saturated carbocycles. The van der Waals surface area contributed by atoms with Crippen LogP contribution in [0.2, 0.25) is 0 Å².